The number of anilines is 2. The molecule has 2 saturated heterocycles. The Hall–Kier alpha value is -1.18. The van der Waals surface area contributed by atoms with E-state index >= 15 is 0 Å². The summed E-state index contributed by atoms with van der Waals surface area (Å²) in [5, 5.41) is 4.72. The third kappa shape index (κ3) is 3.78. The molecule has 0 aromatic carbocycles. The zero-order valence-electron chi connectivity index (χ0n) is 19.7. The van der Waals surface area contributed by atoms with Crippen molar-refractivity contribution < 1.29 is 4.39 Å². The van der Waals surface area contributed by atoms with Crippen LogP contribution in [0.5, 0.6) is 0 Å². The van der Waals surface area contributed by atoms with E-state index in [0.29, 0.717) is 29.6 Å². The van der Waals surface area contributed by atoms with Crippen LogP contribution in [0, 0.1) is 10.8 Å². The van der Waals surface area contributed by atoms with Gasteiger partial charge in [0.2, 0.25) is 0 Å². The third-order valence-electron chi connectivity index (χ3n) is 8.43. The molecular formula is C22H38ClFN6. The van der Waals surface area contributed by atoms with Crippen LogP contribution in [-0.4, -0.2) is 50.3 Å². The molecule has 2 aliphatic heterocycles. The summed E-state index contributed by atoms with van der Waals surface area (Å²) in [7, 11) is 0. The number of alkyl halides is 1. The average Bonchev–Trinajstić information content (AvgIpc) is 2.63. The minimum Gasteiger partial charge on any atom is -0.301 e. The molecule has 0 amide bonds. The molecule has 6 nitrogen and oxygen atoms in total. The predicted octanol–water partition coefficient (Wildman–Crippen LogP) is 5.53. The van der Waals surface area contributed by atoms with Crippen molar-refractivity contribution in [1.29, 1.82) is 0 Å². The maximum absolute atomic E-state index is 14.6. The molecule has 1 atom stereocenters. The predicted molar refractivity (Wildman–Crippen MR) is 122 cm³/mol. The molecule has 1 aromatic heterocycles. The molecule has 0 aliphatic carbocycles. The number of hydrogen-bond donors (Lipinski definition) is 2. The van der Waals surface area contributed by atoms with Gasteiger partial charge in [0.15, 0.2) is 11.6 Å². The van der Waals surface area contributed by atoms with E-state index in [9.17, 15) is 4.39 Å². The largest absolute Gasteiger partial charge is 0.301 e. The Kier molecular flexibility index (Phi) is 6.06. The average molecular weight is 441 g/mol. The number of hydrazine groups is 2. The number of hydrogen-bond acceptors (Lipinski definition) is 6. The second-order valence-corrected chi connectivity index (χ2v) is 11.4. The number of rotatable bonds is 4. The van der Waals surface area contributed by atoms with E-state index in [0.717, 1.165) is 13.0 Å². The lowest BCUT2D eigenvalue weighted by molar-refractivity contribution is -0.0701. The van der Waals surface area contributed by atoms with Crippen LogP contribution in [-0.2, 0) is 0 Å². The van der Waals surface area contributed by atoms with Crippen LogP contribution in [0.1, 0.15) is 74.7 Å². The van der Waals surface area contributed by atoms with E-state index in [-0.39, 0.29) is 11.0 Å². The van der Waals surface area contributed by atoms with Crippen molar-refractivity contribution in [2.75, 3.05) is 23.9 Å². The van der Waals surface area contributed by atoms with Crippen LogP contribution >= 0.6 is 11.6 Å². The highest BCUT2D eigenvalue weighted by molar-refractivity contribution is 6.35. The van der Waals surface area contributed by atoms with E-state index in [2.05, 4.69) is 72.4 Å². The van der Waals surface area contributed by atoms with Gasteiger partial charge in [-0.2, -0.15) is 0 Å². The Morgan fingerprint density at radius 1 is 0.933 bits per heavy atom. The normalized spacial score (nSPS) is 28.1. The summed E-state index contributed by atoms with van der Waals surface area (Å²) in [6, 6.07) is 0. The van der Waals surface area contributed by atoms with Crippen molar-refractivity contribution in [1.82, 2.24) is 20.0 Å². The van der Waals surface area contributed by atoms with Crippen LogP contribution in [0.25, 0.3) is 0 Å². The van der Waals surface area contributed by atoms with Gasteiger partial charge in [-0.15, -0.1) is 0 Å². The molecule has 0 radical (unpaired) electrons. The quantitative estimate of drug-likeness (QED) is 0.641. The first-order valence-electron chi connectivity index (χ1n) is 10.9. The second kappa shape index (κ2) is 7.75. The first kappa shape index (κ1) is 23.5. The van der Waals surface area contributed by atoms with E-state index < -0.39 is 17.1 Å². The van der Waals surface area contributed by atoms with Gasteiger partial charge in [0.05, 0.1) is 0 Å². The molecule has 170 valence electrons. The van der Waals surface area contributed by atoms with Gasteiger partial charge >= 0.3 is 0 Å². The van der Waals surface area contributed by atoms with Gasteiger partial charge < -0.3 is 10.9 Å². The Balaban J connectivity index is 1.82. The Morgan fingerprint density at radius 3 is 2.03 bits per heavy atom. The summed E-state index contributed by atoms with van der Waals surface area (Å²) in [6.07, 6.45) is 3.41. The van der Waals surface area contributed by atoms with Crippen molar-refractivity contribution in [3.63, 3.8) is 0 Å². The minimum absolute atomic E-state index is 0.0673. The van der Waals surface area contributed by atoms with Gasteiger partial charge in [-0.05, 0) is 52.4 Å². The summed E-state index contributed by atoms with van der Waals surface area (Å²) in [4.78, 5) is 8.78. The molecule has 2 aliphatic rings. The highest BCUT2D eigenvalue weighted by Gasteiger charge is 2.51. The van der Waals surface area contributed by atoms with E-state index in [1.54, 1.807) is 0 Å². The fourth-order valence-corrected chi connectivity index (χ4v) is 4.60. The number of piperidine rings is 2. The molecule has 2 N–H and O–H groups in total. The van der Waals surface area contributed by atoms with E-state index in [1.165, 1.54) is 12.7 Å². The van der Waals surface area contributed by atoms with Crippen molar-refractivity contribution in [3.05, 3.63) is 11.3 Å². The van der Waals surface area contributed by atoms with Crippen molar-refractivity contribution in [3.8, 4) is 0 Å². The first-order valence-corrected chi connectivity index (χ1v) is 11.3. The van der Waals surface area contributed by atoms with Crippen molar-refractivity contribution in [2.24, 2.45) is 10.8 Å². The second-order valence-electron chi connectivity index (χ2n) is 11.0. The maximum atomic E-state index is 14.6. The topological polar surface area (TPSA) is 56.3 Å². The number of nitrogens with one attached hydrogen (secondary N) is 2. The van der Waals surface area contributed by atoms with Crippen LogP contribution in [0.15, 0.2) is 6.33 Å². The van der Waals surface area contributed by atoms with Crippen molar-refractivity contribution in [2.45, 2.75) is 91.9 Å². The Morgan fingerprint density at radius 2 is 1.47 bits per heavy atom. The van der Waals surface area contributed by atoms with Gasteiger partial charge in [-0.1, -0.05) is 39.3 Å². The van der Waals surface area contributed by atoms with E-state index in [4.69, 9.17) is 11.6 Å². The lowest BCUT2D eigenvalue weighted by Crippen LogP contribution is -2.63. The number of halogens is 2. The van der Waals surface area contributed by atoms with Gasteiger partial charge in [0.1, 0.15) is 17.5 Å². The summed E-state index contributed by atoms with van der Waals surface area (Å²) in [5.74, 6) is 1.11. The third-order valence-corrected chi connectivity index (χ3v) is 8.78. The molecule has 1 aromatic rings. The van der Waals surface area contributed by atoms with Crippen LogP contribution in [0.4, 0.5) is 16.0 Å². The molecule has 3 rings (SSSR count). The Bertz CT molecular complexity index is 779. The van der Waals surface area contributed by atoms with Gasteiger partial charge in [-0.3, -0.25) is 0 Å². The standard InChI is InChI=1S/C22H38ClFN6/c1-19(2)11-9-12-29(21(19,5)6)27-17-16(23)18(26-14-25-17)28-30-13-10-15(24)20(3,4)22(30,7)8/h14-15H,9-13H2,1-8H3,(H2,25,26,27,28). The summed E-state index contributed by atoms with van der Waals surface area (Å²) < 4.78 is 14.6. The van der Waals surface area contributed by atoms with Crippen LogP contribution in [0.3, 0.4) is 0 Å². The first-order chi connectivity index (χ1) is 13.7. The van der Waals surface area contributed by atoms with E-state index in [1.807, 2.05) is 13.8 Å². The fraction of sp³-hybridized carbons (Fsp3) is 0.818. The zero-order chi connectivity index (χ0) is 22.5. The highest BCUT2D eigenvalue weighted by atomic mass is 35.5. The highest BCUT2D eigenvalue weighted by Crippen LogP contribution is 2.46. The molecule has 1 unspecified atom stereocenters. The molecule has 0 bridgehead atoms. The molecule has 2 fully saturated rings. The summed E-state index contributed by atoms with van der Waals surface area (Å²) in [5.41, 5.74) is 5.96. The lowest BCUT2D eigenvalue weighted by Gasteiger charge is -2.54. The van der Waals surface area contributed by atoms with Gasteiger partial charge in [-0.25, -0.2) is 24.4 Å². The van der Waals surface area contributed by atoms with Gasteiger partial charge in [0.25, 0.3) is 0 Å². The Labute approximate surface area is 185 Å². The molecule has 3 heterocycles. The fourth-order valence-electron chi connectivity index (χ4n) is 4.42. The number of aromatic nitrogens is 2. The smallest absolute Gasteiger partial charge is 0.164 e. The summed E-state index contributed by atoms with van der Waals surface area (Å²) >= 11 is 6.73. The monoisotopic (exact) mass is 440 g/mol. The molecule has 30 heavy (non-hydrogen) atoms. The molecule has 8 heteroatoms. The van der Waals surface area contributed by atoms with Gasteiger partial charge in [0, 0.05) is 29.6 Å². The molecule has 0 saturated carbocycles. The lowest BCUT2D eigenvalue weighted by atomic mass is 9.67. The van der Waals surface area contributed by atoms with Crippen LogP contribution < -0.4 is 10.9 Å². The molecular weight excluding hydrogens is 403 g/mol. The maximum Gasteiger partial charge on any atom is 0.164 e. The van der Waals surface area contributed by atoms with Crippen LogP contribution in [0.2, 0.25) is 5.02 Å². The SMILES string of the molecule is CC1(C)CCCN(Nc2ncnc(NN3CCC(F)C(C)(C)C3(C)C)c2Cl)C1(C)C. The molecule has 0 spiro atoms. The zero-order valence-corrected chi connectivity index (χ0v) is 20.5. The van der Waals surface area contributed by atoms with Crippen molar-refractivity contribution >= 4 is 23.2 Å². The minimum atomic E-state index is -0.853. The number of nitrogens with zero attached hydrogens (tertiary/aromatic N) is 4. The summed E-state index contributed by atoms with van der Waals surface area (Å²) in [6.45, 7) is 18.6.